The van der Waals surface area contributed by atoms with E-state index in [0.29, 0.717) is 13.1 Å². The van der Waals surface area contributed by atoms with Gasteiger partial charge < -0.3 is 10.2 Å². The fraction of sp³-hybridized carbons (Fsp3) is 0.500. The fourth-order valence-corrected chi connectivity index (χ4v) is 2.88. The Morgan fingerprint density at radius 1 is 1.12 bits per heavy atom. The number of rotatable bonds is 7. The van der Waals surface area contributed by atoms with Gasteiger partial charge in [0.15, 0.2) is 0 Å². The summed E-state index contributed by atoms with van der Waals surface area (Å²) in [6.45, 7) is 8.32. The minimum Gasteiger partial charge on any atom is -0.352 e. The lowest BCUT2D eigenvalue weighted by Gasteiger charge is -2.21. The maximum atomic E-state index is 12.6. The minimum atomic E-state index is -0.248. The van der Waals surface area contributed by atoms with Crippen molar-refractivity contribution >= 4 is 22.8 Å². The van der Waals surface area contributed by atoms with E-state index in [1.807, 2.05) is 52.0 Å². The molecule has 0 spiro atoms. The quantitative estimate of drug-likeness (QED) is 0.818. The first-order valence-corrected chi connectivity index (χ1v) is 8.64. The number of hydrogen-bond donors (Lipinski definition) is 1. The molecule has 0 aliphatic heterocycles. The summed E-state index contributed by atoms with van der Waals surface area (Å²) in [6, 6.07) is 7.43. The number of aromatic nitrogens is 2. The van der Waals surface area contributed by atoms with Crippen molar-refractivity contribution in [1.29, 1.82) is 0 Å². The van der Waals surface area contributed by atoms with Crippen LogP contribution in [0.3, 0.4) is 0 Å². The number of hydrogen-bond acceptors (Lipinski definition) is 3. The van der Waals surface area contributed by atoms with Crippen LogP contribution in [0.25, 0.3) is 11.0 Å². The Hall–Kier alpha value is -2.57. The van der Waals surface area contributed by atoms with E-state index in [-0.39, 0.29) is 36.6 Å². The molecule has 2 rings (SSSR count). The summed E-state index contributed by atoms with van der Waals surface area (Å²) in [7, 11) is 0. The van der Waals surface area contributed by atoms with Crippen LogP contribution in [-0.2, 0) is 22.7 Å². The zero-order chi connectivity index (χ0) is 18.6. The van der Waals surface area contributed by atoms with Crippen molar-refractivity contribution in [3.05, 3.63) is 34.7 Å². The molecule has 1 aromatic heterocycles. The molecule has 1 heterocycles. The molecule has 2 aromatic rings. The molecule has 0 aliphatic rings. The molecular weight excluding hydrogens is 320 g/mol. The Kier molecular flexibility index (Phi) is 6.01. The number of nitrogens with one attached hydrogen (secondary N) is 1. The predicted octanol–water partition coefficient (Wildman–Crippen LogP) is 1.20. The van der Waals surface area contributed by atoms with Gasteiger partial charge in [-0.1, -0.05) is 12.1 Å². The number of nitrogens with zero attached hydrogens (tertiary/aromatic N) is 3. The lowest BCUT2D eigenvalue weighted by Crippen LogP contribution is -2.44. The van der Waals surface area contributed by atoms with Crippen LogP contribution in [0.1, 0.15) is 27.7 Å². The number of amides is 2. The topological polar surface area (TPSA) is 76.3 Å². The number of carbonyl (C=O) groups excluding carboxylic acids is 2. The lowest BCUT2D eigenvalue weighted by atomic mass is 10.3. The van der Waals surface area contributed by atoms with Crippen molar-refractivity contribution in [2.75, 3.05) is 13.1 Å². The maximum absolute atomic E-state index is 12.6. The zero-order valence-corrected chi connectivity index (χ0v) is 15.3. The highest BCUT2D eigenvalue weighted by molar-refractivity contribution is 5.86. The van der Waals surface area contributed by atoms with E-state index in [1.165, 1.54) is 9.47 Å². The number of carbonyl (C=O) groups is 2. The molecule has 2 amide bonds. The SMILES string of the molecule is CCN(CC(=O)NC(C)C)C(=O)Cn1c(=O)n(CC)c2ccccc21. The molecule has 0 unspecified atom stereocenters. The van der Waals surface area contributed by atoms with E-state index in [9.17, 15) is 14.4 Å². The third kappa shape index (κ3) is 4.10. The molecule has 136 valence electrons. The van der Waals surface area contributed by atoms with Crippen LogP contribution in [-0.4, -0.2) is 45.0 Å². The second kappa shape index (κ2) is 8.00. The molecule has 0 aliphatic carbocycles. The number of para-hydroxylation sites is 2. The monoisotopic (exact) mass is 346 g/mol. The number of fused-ring (bicyclic) bond motifs is 1. The van der Waals surface area contributed by atoms with Gasteiger partial charge >= 0.3 is 5.69 Å². The smallest absolute Gasteiger partial charge is 0.329 e. The zero-order valence-electron chi connectivity index (χ0n) is 15.3. The molecule has 0 radical (unpaired) electrons. The summed E-state index contributed by atoms with van der Waals surface area (Å²) >= 11 is 0. The lowest BCUT2D eigenvalue weighted by molar-refractivity contribution is -0.136. The van der Waals surface area contributed by atoms with Gasteiger partial charge in [0.1, 0.15) is 6.54 Å². The largest absolute Gasteiger partial charge is 0.352 e. The molecule has 0 saturated heterocycles. The third-order valence-corrected chi connectivity index (χ3v) is 4.05. The summed E-state index contributed by atoms with van der Waals surface area (Å²) in [5.41, 5.74) is 1.33. The van der Waals surface area contributed by atoms with Gasteiger partial charge in [-0.2, -0.15) is 0 Å². The van der Waals surface area contributed by atoms with Crippen molar-refractivity contribution in [3.63, 3.8) is 0 Å². The van der Waals surface area contributed by atoms with E-state index in [4.69, 9.17) is 0 Å². The Bertz CT molecular complexity index is 819. The molecule has 0 saturated carbocycles. The molecule has 7 heteroatoms. The fourth-order valence-electron chi connectivity index (χ4n) is 2.88. The highest BCUT2D eigenvalue weighted by atomic mass is 16.2. The van der Waals surface area contributed by atoms with Gasteiger partial charge in [0.25, 0.3) is 0 Å². The van der Waals surface area contributed by atoms with E-state index < -0.39 is 0 Å². The Morgan fingerprint density at radius 2 is 1.72 bits per heavy atom. The Morgan fingerprint density at radius 3 is 2.24 bits per heavy atom. The molecule has 0 atom stereocenters. The van der Waals surface area contributed by atoms with E-state index in [2.05, 4.69) is 5.32 Å². The first-order valence-electron chi connectivity index (χ1n) is 8.64. The van der Waals surface area contributed by atoms with Crippen molar-refractivity contribution in [3.8, 4) is 0 Å². The van der Waals surface area contributed by atoms with Crippen LogP contribution >= 0.6 is 0 Å². The number of benzene rings is 1. The Balaban J connectivity index is 2.25. The summed E-state index contributed by atoms with van der Waals surface area (Å²) in [5, 5.41) is 2.78. The molecule has 1 aromatic carbocycles. The summed E-state index contributed by atoms with van der Waals surface area (Å²) in [5.74, 6) is -0.448. The van der Waals surface area contributed by atoms with Gasteiger partial charge in [0.05, 0.1) is 17.6 Å². The van der Waals surface area contributed by atoms with Crippen molar-refractivity contribution in [2.45, 2.75) is 46.8 Å². The highest BCUT2D eigenvalue weighted by Crippen LogP contribution is 2.13. The standard InChI is InChI=1S/C18H26N4O3/c1-5-20(11-16(23)19-13(3)4)17(24)12-22-15-10-8-7-9-14(15)21(6-2)18(22)25/h7-10,13H,5-6,11-12H2,1-4H3,(H,19,23). The molecule has 1 N–H and O–H groups in total. The normalized spacial score (nSPS) is 11.1. The number of likely N-dealkylation sites (N-methyl/N-ethyl adjacent to an activating group) is 1. The van der Waals surface area contributed by atoms with Gasteiger partial charge in [0, 0.05) is 19.1 Å². The van der Waals surface area contributed by atoms with E-state index in [1.54, 1.807) is 4.57 Å². The summed E-state index contributed by atoms with van der Waals surface area (Å²) < 4.78 is 3.12. The van der Waals surface area contributed by atoms with Gasteiger partial charge in [-0.3, -0.25) is 18.7 Å². The molecule has 25 heavy (non-hydrogen) atoms. The van der Waals surface area contributed by atoms with Gasteiger partial charge in [-0.05, 0) is 39.8 Å². The Labute approximate surface area is 147 Å². The van der Waals surface area contributed by atoms with Crippen molar-refractivity contribution in [2.24, 2.45) is 0 Å². The summed E-state index contributed by atoms with van der Waals surface area (Å²) in [6.07, 6.45) is 0. The van der Waals surface area contributed by atoms with E-state index in [0.717, 1.165) is 11.0 Å². The molecule has 0 bridgehead atoms. The number of aryl methyl sites for hydroxylation is 1. The summed E-state index contributed by atoms with van der Waals surface area (Å²) in [4.78, 5) is 38.6. The second-order valence-corrected chi connectivity index (χ2v) is 6.23. The molecule has 7 nitrogen and oxygen atoms in total. The average Bonchev–Trinajstić information content (AvgIpc) is 2.83. The average molecular weight is 346 g/mol. The molecule has 0 fully saturated rings. The number of imidazole rings is 1. The molecular formula is C18H26N4O3. The first kappa shape index (κ1) is 18.8. The second-order valence-electron chi connectivity index (χ2n) is 6.23. The van der Waals surface area contributed by atoms with Gasteiger partial charge in [-0.25, -0.2) is 4.79 Å². The highest BCUT2D eigenvalue weighted by Gasteiger charge is 2.20. The van der Waals surface area contributed by atoms with Crippen LogP contribution < -0.4 is 11.0 Å². The van der Waals surface area contributed by atoms with Crippen LogP contribution in [0.2, 0.25) is 0 Å². The first-order chi connectivity index (χ1) is 11.9. The van der Waals surface area contributed by atoms with Crippen LogP contribution in [0, 0.1) is 0 Å². The maximum Gasteiger partial charge on any atom is 0.329 e. The van der Waals surface area contributed by atoms with Crippen molar-refractivity contribution in [1.82, 2.24) is 19.4 Å². The van der Waals surface area contributed by atoms with Gasteiger partial charge in [-0.15, -0.1) is 0 Å². The van der Waals surface area contributed by atoms with Crippen molar-refractivity contribution < 1.29 is 9.59 Å². The van der Waals surface area contributed by atoms with E-state index >= 15 is 0 Å². The minimum absolute atomic E-state index is 0.00528. The third-order valence-electron chi connectivity index (χ3n) is 4.05. The van der Waals surface area contributed by atoms with Crippen LogP contribution in [0.15, 0.2) is 29.1 Å². The van der Waals surface area contributed by atoms with Crippen LogP contribution in [0.5, 0.6) is 0 Å². The van der Waals surface area contributed by atoms with Gasteiger partial charge in [0.2, 0.25) is 11.8 Å². The van der Waals surface area contributed by atoms with Crippen LogP contribution in [0.4, 0.5) is 0 Å². The predicted molar refractivity (Wildman–Crippen MR) is 97.4 cm³/mol.